The first kappa shape index (κ1) is 18.4. The molecule has 0 spiro atoms. The van der Waals surface area contributed by atoms with Gasteiger partial charge in [-0.15, -0.1) is 0 Å². The van der Waals surface area contributed by atoms with E-state index < -0.39 is 23.8 Å². The SMILES string of the molecule is N[C@@H]1C[C@@H]2C[C@@H](NCc3cccc4c3C(=O)N(C3CCC(=O)NC3=O)C4=O)C[C@@H]21. The highest BCUT2D eigenvalue weighted by molar-refractivity contribution is 6.24. The summed E-state index contributed by atoms with van der Waals surface area (Å²) < 4.78 is 0. The van der Waals surface area contributed by atoms with Gasteiger partial charge in [-0.25, -0.2) is 0 Å². The van der Waals surface area contributed by atoms with Crippen molar-refractivity contribution in [1.29, 1.82) is 0 Å². The minimum absolute atomic E-state index is 0.115. The number of hydrogen-bond acceptors (Lipinski definition) is 6. The summed E-state index contributed by atoms with van der Waals surface area (Å²) in [5.41, 5.74) is 7.53. The highest BCUT2D eigenvalue weighted by Gasteiger charge is 2.47. The maximum atomic E-state index is 13.1. The Balaban J connectivity index is 1.34. The van der Waals surface area contributed by atoms with Crippen molar-refractivity contribution < 1.29 is 19.2 Å². The Bertz CT molecular complexity index is 929. The first-order valence-corrected chi connectivity index (χ1v) is 10.3. The Morgan fingerprint density at radius 2 is 1.93 bits per heavy atom. The van der Waals surface area contributed by atoms with Crippen LogP contribution >= 0.6 is 0 Å². The summed E-state index contributed by atoms with van der Waals surface area (Å²) in [5.74, 6) is -0.585. The number of fused-ring (bicyclic) bond motifs is 2. The lowest BCUT2D eigenvalue weighted by atomic mass is 9.72. The van der Waals surface area contributed by atoms with Crippen molar-refractivity contribution in [2.24, 2.45) is 17.6 Å². The molecule has 8 heteroatoms. The number of hydrogen-bond donors (Lipinski definition) is 3. The minimum Gasteiger partial charge on any atom is -0.327 e. The molecule has 0 aromatic heterocycles. The van der Waals surface area contributed by atoms with E-state index >= 15 is 0 Å². The van der Waals surface area contributed by atoms with E-state index in [-0.39, 0.29) is 18.7 Å². The van der Waals surface area contributed by atoms with Gasteiger partial charge in [0, 0.05) is 25.0 Å². The van der Waals surface area contributed by atoms with Crippen molar-refractivity contribution >= 4 is 23.6 Å². The molecule has 4 aliphatic rings. The zero-order chi connectivity index (χ0) is 20.3. The summed E-state index contributed by atoms with van der Waals surface area (Å²) in [4.78, 5) is 50.6. The smallest absolute Gasteiger partial charge is 0.262 e. The molecule has 1 unspecified atom stereocenters. The van der Waals surface area contributed by atoms with Gasteiger partial charge in [-0.2, -0.15) is 0 Å². The predicted octanol–water partition coefficient (Wildman–Crippen LogP) is 0.303. The average molecular weight is 396 g/mol. The third-order valence-electron chi connectivity index (χ3n) is 7.01. The second-order valence-electron chi connectivity index (χ2n) is 8.66. The molecule has 1 aromatic rings. The van der Waals surface area contributed by atoms with Crippen molar-refractivity contribution in [1.82, 2.24) is 15.5 Å². The number of nitrogens with one attached hydrogen (secondary N) is 2. The van der Waals surface area contributed by atoms with Gasteiger partial charge in [-0.1, -0.05) is 12.1 Å². The predicted molar refractivity (Wildman–Crippen MR) is 103 cm³/mol. The molecule has 0 radical (unpaired) electrons. The Labute approximate surface area is 168 Å². The molecule has 2 saturated carbocycles. The van der Waals surface area contributed by atoms with E-state index in [0.717, 1.165) is 29.7 Å². The second kappa shape index (κ2) is 6.74. The molecule has 1 saturated heterocycles. The second-order valence-corrected chi connectivity index (χ2v) is 8.66. The van der Waals surface area contributed by atoms with E-state index in [1.54, 1.807) is 12.1 Å². The molecule has 5 atom stereocenters. The Morgan fingerprint density at radius 1 is 1.10 bits per heavy atom. The molecule has 152 valence electrons. The number of benzene rings is 1. The number of carbonyl (C=O) groups excluding carboxylic acids is 4. The van der Waals surface area contributed by atoms with Gasteiger partial charge in [0.1, 0.15) is 6.04 Å². The van der Waals surface area contributed by atoms with Gasteiger partial charge in [0.15, 0.2) is 0 Å². The molecule has 8 nitrogen and oxygen atoms in total. The summed E-state index contributed by atoms with van der Waals surface area (Å²) in [7, 11) is 0. The largest absolute Gasteiger partial charge is 0.327 e. The number of nitrogens with two attached hydrogens (primary N) is 1. The Kier molecular flexibility index (Phi) is 4.29. The third kappa shape index (κ3) is 2.89. The summed E-state index contributed by atoms with van der Waals surface area (Å²) in [5, 5.41) is 5.75. The van der Waals surface area contributed by atoms with Crippen LogP contribution in [0, 0.1) is 11.8 Å². The summed E-state index contributed by atoms with van der Waals surface area (Å²) in [6.45, 7) is 0.491. The van der Waals surface area contributed by atoms with Crippen LogP contribution in [0.1, 0.15) is 58.4 Å². The number of nitrogens with zero attached hydrogens (tertiary/aromatic N) is 1. The number of amides is 4. The summed E-state index contributed by atoms with van der Waals surface area (Å²) >= 11 is 0. The molecule has 5 rings (SSSR count). The minimum atomic E-state index is -0.937. The van der Waals surface area contributed by atoms with Crippen LogP contribution in [0.4, 0.5) is 0 Å². The van der Waals surface area contributed by atoms with Crippen molar-refractivity contribution in [3.05, 3.63) is 34.9 Å². The van der Waals surface area contributed by atoms with Crippen LogP contribution in [0.5, 0.6) is 0 Å². The molecule has 2 heterocycles. The Hall–Kier alpha value is -2.58. The maximum Gasteiger partial charge on any atom is 0.262 e. The van der Waals surface area contributed by atoms with E-state index in [0.29, 0.717) is 41.6 Å². The van der Waals surface area contributed by atoms with E-state index in [1.165, 1.54) is 0 Å². The Morgan fingerprint density at radius 3 is 2.66 bits per heavy atom. The highest BCUT2D eigenvalue weighted by Crippen LogP contribution is 2.46. The van der Waals surface area contributed by atoms with Crippen molar-refractivity contribution in [3.63, 3.8) is 0 Å². The van der Waals surface area contributed by atoms with Gasteiger partial charge in [0.25, 0.3) is 11.8 Å². The lowest BCUT2D eigenvalue weighted by Crippen LogP contribution is -2.54. The normalized spacial score (nSPS) is 33.4. The molecule has 3 fully saturated rings. The van der Waals surface area contributed by atoms with Crippen LogP contribution < -0.4 is 16.4 Å². The highest BCUT2D eigenvalue weighted by atomic mass is 16.2. The molecular weight excluding hydrogens is 372 g/mol. The van der Waals surface area contributed by atoms with Gasteiger partial charge in [-0.05, 0) is 49.1 Å². The molecule has 2 aliphatic carbocycles. The molecule has 4 amide bonds. The van der Waals surface area contributed by atoms with Gasteiger partial charge in [0.05, 0.1) is 11.1 Å². The number of imide groups is 2. The van der Waals surface area contributed by atoms with Gasteiger partial charge in [0.2, 0.25) is 11.8 Å². The topological polar surface area (TPSA) is 122 Å². The summed E-state index contributed by atoms with van der Waals surface area (Å²) in [6.07, 6.45) is 3.52. The quantitative estimate of drug-likeness (QED) is 0.630. The third-order valence-corrected chi connectivity index (χ3v) is 7.01. The molecular formula is C21H24N4O4. The van der Waals surface area contributed by atoms with E-state index in [9.17, 15) is 19.2 Å². The van der Waals surface area contributed by atoms with Gasteiger partial charge in [-0.3, -0.25) is 29.4 Å². The maximum absolute atomic E-state index is 13.1. The molecule has 29 heavy (non-hydrogen) atoms. The van der Waals surface area contributed by atoms with E-state index in [4.69, 9.17) is 5.73 Å². The zero-order valence-electron chi connectivity index (χ0n) is 16.0. The molecule has 1 aromatic carbocycles. The fourth-order valence-corrected chi connectivity index (χ4v) is 5.43. The number of rotatable bonds is 4. The molecule has 0 bridgehead atoms. The van der Waals surface area contributed by atoms with Crippen LogP contribution in [0.3, 0.4) is 0 Å². The molecule has 2 aliphatic heterocycles. The van der Waals surface area contributed by atoms with Crippen LogP contribution in [-0.4, -0.2) is 46.7 Å². The van der Waals surface area contributed by atoms with Crippen molar-refractivity contribution in [2.75, 3.05) is 0 Å². The number of carbonyl (C=O) groups is 4. The van der Waals surface area contributed by atoms with E-state index in [2.05, 4.69) is 10.6 Å². The first-order valence-electron chi connectivity index (χ1n) is 10.3. The zero-order valence-corrected chi connectivity index (χ0v) is 16.0. The lowest BCUT2D eigenvalue weighted by molar-refractivity contribution is -0.136. The van der Waals surface area contributed by atoms with Gasteiger partial charge >= 0.3 is 0 Å². The van der Waals surface area contributed by atoms with Gasteiger partial charge < -0.3 is 11.1 Å². The average Bonchev–Trinajstić information content (AvgIpc) is 3.15. The summed E-state index contributed by atoms with van der Waals surface area (Å²) in [6, 6.07) is 4.98. The van der Waals surface area contributed by atoms with Crippen LogP contribution in [0.2, 0.25) is 0 Å². The van der Waals surface area contributed by atoms with Crippen LogP contribution in [0.15, 0.2) is 18.2 Å². The lowest BCUT2D eigenvalue weighted by Gasteiger charge is -2.37. The van der Waals surface area contributed by atoms with Crippen molar-refractivity contribution in [2.45, 2.75) is 56.8 Å². The standard InChI is InChI=1S/C21H24N4O4/c22-15-7-11-6-12(8-14(11)15)23-9-10-2-1-3-13-18(10)21(29)25(20(13)28)16-4-5-17(26)24-19(16)27/h1-3,11-12,14-16,23H,4-9,22H2,(H,24,26,27)/t11-,12+,14-,15+,16?/m0/s1. The fraction of sp³-hybridized carbons (Fsp3) is 0.524. The monoisotopic (exact) mass is 396 g/mol. The van der Waals surface area contributed by atoms with E-state index in [1.807, 2.05) is 6.07 Å². The fourth-order valence-electron chi connectivity index (χ4n) is 5.43. The first-order chi connectivity index (χ1) is 13.9. The number of piperidine rings is 1. The van der Waals surface area contributed by atoms with Crippen LogP contribution in [0.25, 0.3) is 0 Å². The molecule has 4 N–H and O–H groups in total. The van der Waals surface area contributed by atoms with Crippen LogP contribution in [-0.2, 0) is 16.1 Å². The van der Waals surface area contributed by atoms with Crippen molar-refractivity contribution in [3.8, 4) is 0 Å².